The minimum Gasteiger partial charge on any atom is -0.334 e. The second-order valence-corrected chi connectivity index (χ2v) is 6.04. The maximum Gasteiger partial charge on any atom is 0.315 e. The second kappa shape index (κ2) is 7.34. The quantitative estimate of drug-likeness (QED) is 0.898. The van der Waals surface area contributed by atoms with Crippen LogP contribution in [0.2, 0.25) is 0 Å². The normalized spacial score (nSPS) is 13.9. The fraction of sp³-hybridized carbons (Fsp3) is 0.263. The summed E-state index contributed by atoms with van der Waals surface area (Å²) in [6, 6.07) is 12.6. The number of anilines is 1. The van der Waals surface area contributed by atoms with Crippen LogP contribution in [0.3, 0.4) is 0 Å². The minimum absolute atomic E-state index is 0.137. The molecule has 0 saturated carbocycles. The van der Waals surface area contributed by atoms with Gasteiger partial charge < -0.3 is 15.5 Å². The highest BCUT2D eigenvalue weighted by Gasteiger charge is 2.28. The monoisotopic (exact) mass is 341 g/mol. The van der Waals surface area contributed by atoms with Gasteiger partial charge in [0.2, 0.25) is 5.91 Å². The van der Waals surface area contributed by atoms with Crippen molar-refractivity contribution in [1.82, 2.24) is 10.6 Å². The van der Waals surface area contributed by atoms with E-state index in [4.69, 9.17) is 0 Å². The Balaban J connectivity index is 1.53. The molecule has 2 aromatic rings. The van der Waals surface area contributed by atoms with Gasteiger partial charge in [-0.05, 0) is 42.7 Å². The molecule has 0 unspecified atom stereocenters. The number of urea groups is 1. The lowest BCUT2D eigenvalue weighted by Gasteiger charge is -2.22. The van der Waals surface area contributed by atoms with Gasteiger partial charge in [0.05, 0.1) is 0 Å². The Hall–Kier alpha value is -2.89. The molecule has 130 valence electrons. The zero-order valence-corrected chi connectivity index (χ0v) is 14.0. The lowest BCUT2D eigenvalue weighted by atomic mass is 10.2. The topological polar surface area (TPSA) is 61.4 Å². The third-order valence-electron chi connectivity index (χ3n) is 4.24. The molecule has 1 heterocycles. The number of carbonyl (C=O) groups is 2. The van der Waals surface area contributed by atoms with Crippen molar-refractivity contribution in [2.24, 2.45) is 0 Å². The van der Waals surface area contributed by atoms with E-state index < -0.39 is 12.1 Å². The smallest absolute Gasteiger partial charge is 0.315 e. The summed E-state index contributed by atoms with van der Waals surface area (Å²) in [5, 5.41) is 5.32. The van der Waals surface area contributed by atoms with Crippen molar-refractivity contribution in [3.63, 3.8) is 0 Å². The zero-order chi connectivity index (χ0) is 17.8. The number of nitrogens with one attached hydrogen (secondary N) is 2. The number of rotatable bonds is 4. The Morgan fingerprint density at radius 1 is 1.16 bits per heavy atom. The molecule has 0 aromatic heterocycles. The number of carbonyl (C=O) groups excluding carboxylic acids is 2. The summed E-state index contributed by atoms with van der Waals surface area (Å²) >= 11 is 0. The highest BCUT2D eigenvalue weighted by molar-refractivity contribution is 6.00. The van der Waals surface area contributed by atoms with Gasteiger partial charge in [-0.25, -0.2) is 9.18 Å². The van der Waals surface area contributed by atoms with Crippen LogP contribution in [0.15, 0.2) is 48.5 Å². The van der Waals surface area contributed by atoms with Crippen LogP contribution in [0.5, 0.6) is 0 Å². The Morgan fingerprint density at radius 2 is 1.88 bits per heavy atom. The van der Waals surface area contributed by atoms with E-state index in [0.29, 0.717) is 6.54 Å². The van der Waals surface area contributed by atoms with E-state index >= 15 is 0 Å². The Morgan fingerprint density at radius 3 is 2.64 bits per heavy atom. The molecule has 25 heavy (non-hydrogen) atoms. The van der Waals surface area contributed by atoms with Gasteiger partial charge in [0.25, 0.3) is 0 Å². The van der Waals surface area contributed by atoms with Crippen molar-refractivity contribution in [2.45, 2.75) is 25.9 Å². The van der Waals surface area contributed by atoms with Crippen molar-refractivity contribution in [1.29, 1.82) is 0 Å². The molecule has 5 nitrogen and oxygen atoms in total. The van der Waals surface area contributed by atoms with E-state index in [-0.39, 0.29) is 18.3 Å². The Kier molecular flexibility index (Phi) is 4.97. The lowest BCUT2D eigenvalue weighted by molar-refractivity contribution is -0.119. The molecule has 6 heteroatoms. The number of fused-ring (bicyclic) bond motifs is 1. The summed E-state index contributed by atoms with van der Waals surface area (Å²) < 4.78 is 12.9. The predicted octanol–water partition coefficient (Wildman–Crippen LogP) is 2.60. The van der Waals surface area contributed by atoms with Crippen molar-refractivity contribution in [2.75, 3.05) is 11.4 Å². The van der Waals surface area contributed by atoms with Gasteiger partial charge in [-0.15, -0.1) is 0 Å². The summed E-state index contributed by atoms with van der Waals surface area (Å²) in [7, 11) is 0. The molecule has 1 atom stereocenters. The van der Waals surface area contributed by atoms with Crippen molar-refractivity contribution in [3.05, 3.63) is 65.5 Å². The molecule has 0 aliphatic carbocycles. The van der Waals surface area contributed by atoms with Crippen molar-refractivity contribution >= 4 is 17.6 Å². The molecule has 3 amide bonds. The second-order valence-electron chi connectivity index (χ2n) is 6.04. The number of hydrogen-bond donors (Lipinski definition) is 2. The summed E-state index contributed by atoms with van der Waals surface area (Å²) in [6.45, 7) is 2.56. The van der Waals surface area contributed by atoms with E-state index in [1.54, 1.807) is 24.0 Å². The van der Waals surface area contributed by atoms with Gasteiger partial charge in [0.15, 0.2) is 0 Å². The molecule has 3 rings (SSSR count). The van der Waals surface area contributed by atoms with Crippen LogP contribution < -0.4 is 15.5 Å². The largest absolute Gasteiger partial charge is 0.334 e. The van der Waals surface area contributed by atoms with Crippen LogP contribution in [0.25, 0.3) is 0 Å². The first kappa shape index (κ1) is 17.0. The van der Waals surface area contributed by atoms with Crippen LogP contribution in [-0.2, 0) is 17.8 Å². The molecule has 0 radical (unpaired) electrons. The summed E-state index contributed by atoms with van der Waals surface area (Å²) in [4.78, 5) is 26.3. The third-order valence-corrected chi connectivity index (χ3v) is 4.24. The Labute approximate surface area is 145 Å². The predicted molar refractivity (Wildman–Crippen MR) is 93.7 cm³/mol. The van der Waals surface area contributed by atoms with Gasteiger partial charge in [-0.2, -0.15) is 0 Å². The number of benzene rings is 2. The third kappa shape index (κ3) is 3.96. The number of amides is 3. The molecular formula is C19H20FN3O2. The summed E-state index contributed by atoms with van der Waals surface area (Å²) in [6.07, 6.45) is 0.825. The van der Waals surface area contributed by atoms with Gasteiger partial charge >= 0.3 is 6.03 Å². The number of nitrogens with zero attached hydrogens (tertiary/aromatic N) is 1. The molecule has 0 fully saturated rings. The van der Waals surface area contributed by atoms with Gasteiger partial charge in [-0.3, -0.25) is 4.79 Å². The Bertz CT molecular complexity index is 776. The first-order valence-electron chi connectivity index (χ1n) is 8.22. The zero-order valence-electron chi connectivity index (χ0n) is 14.0. The highest BCUT2D eigenvalue weighted by atomic mass is 19.1. The first-order valence-corrected chi connectivity index (χ1v) is 8.22. The van der Waals surface area contributed by atoms with E-state index in [9.17, 15) is 14.0 Å². The molecule has 2 N–H and O–H groups in total. The number of halogens is 1. The van der Waals surface area contributed by atoms with E-state index in [1.807, 2.05) is 24.3 Å². The van der Waals surface area contributed by atoms with Crippen LogP contribution in [0.4, 0.5) is 14.9 Å². The van der Waals surface area contributed by atoms with Crippen LogP contribution in [0, 0.1) is 5.82 Å². The fourth-order valence-corrected chi connectivity index (χ4v) is 2.89. The highest BCUT2D eigenvalue weighted by Crippen LogP contribution is 2.27. The molecule has 1 aliphatic heterocycles. The number of para-hydroxylation sites is 1. The molecule has 0 saturated heterocycles. The maximum atomic E-state index is 12.9. The van der Waals surface area contributed by atoms with E-state index in [0.717, 1.165) is 23.2 Å². The average Bonchev–Trinajstić information content (AvgIpc) is 3.04. The van der Waals surface area contributed by atoms with Gasteiger partial charge in [0, 0.05) is 18.8 Å². The number of hydrogen-bond acceptors (Lipinski definition) is 2. The van der Waals surface area contributed by atoms with E-state index in [2.05, 4.69) is 10.6 Å². The first-order chi connectivity index (χ1) is 12.0. The van der Waals surface area contributed by atoms with Crippen LogP contribution >= 0.6 is 0 Å². The van der Waals surface area contributed by atoms with E-state index in [1.165, 1.54) is 12.1 Å². The summed E-state index contributed by atoms with van der Waals surface area (Å²) in [5.74, 6) is -0.458. The SMILES string of the molecule is C[C@H](NC(=O)NCc1ccc(F)cc1)C(=O)N1CCc2ccccc21. The summed E-state index contributed by atoms with van der Waals surface area (Å²) in [5.41, 5.74) is 2.83. The fourth-order valence-electron chi connectivity index (χ4n) is 2.89. The van der Waals surface area contributed by atoms with Gasteiger partial charge in [-0.1, -0.05) is 30.3 Å². The maximum absolute atomic E-state index is 12.9. The molecule has 2 aromatic carbocycles. The molecular weight excluding hydrogens is 321 g/mol. The van der Waals surface area contributed by atoms with Gasteiger partial charge in [0.1, 0.15) is 11.9 Å². The lowest BCUT2D eigenvalue weighted by Crippen LogP contribution is -2.49. The average molecular weight is 341 g/mol. The molecule has 0 bridgehead atoms. The molecule has 0 spiro atoms. The molecule has 1 aliphatic rings. The van der Waals surface area contributed by atoms with Crippen molar-refractivity contribution in [3.8, 4) is 0 Å². The van der Waals surface area contributed by atoms with Crippen molar-refractivity contribution < 1.29 is 14.0 Å². The standard InChI is InChI=1S/C19H20FN3O2/c1-13(18(24)23-11-10-15-4-2-3-5-17(15)23)22-19(25)21-12-14-6-8-16(20)9-7-14/h2-9,13H,10-12H2,1H3,(H2,21,22,25)/t13-/m0/s1. The van der Waals surface area contributed by atoms with Crippen LogP contribution in [-0.4, -0.2) is 24.5 Å². The minimum atomic E-state index is -0.639. The van der Waals surface area contributed by atoms with Crippen LogP contribution in [0.1, 0.15) is 18.1 Å².